The highest BCUT2D eigenvalue weighted by molar-refractivity contribution is 5.82. The first-order valence-electron chi connectivity index (χ1n) is 7.72. The predicted molar refractivity (Wildman–Crippen MR) is 87.2 cm³/mol. The molecule has 3 aromatic rings. The van der Waals surface area contributed by atoms with E-state index in [1.807, 2.05) is 19.1 Å². The average Bonchev–Trinajstić information content (AvgIpc) is 3.12. The highest BCUT2D eigenvalue weighted by Gasteiger charge is 2.25. The number of hydrogen-bond acceptors (Lipinski definition) is 5. The van der Waals surface area contributed by atoms with Crippen molar-refractivity contribution in [3.8, 4) is 0 Å². The molecule has 2 aromatic heterocycles. The summed E-state index contributed by atoms with van der Waals surface area (Å²) in [5, 5.41) is 23.7. The molecule has 0 fully saturated rings. The molecule has 126 valence electrons. The number of hydrogen-bond donors (Lipinski definition) is 2. The molecule has 0 bridgehead atoms. The van der Waals surface area contributed by atoms with E-state index in [4.69, 9.17) is 14.0 Å². The molecule has 1 aromatic carbocycles. The molecule has 6 heteroatoms. The quantitative estimate of drug-likeness (QED) is 0.745. The second kappa shape index (κ2) is 6.13. The van der Waals surface area contributed by atoms with E-state index in [0.29, 0.717) is 28.4 Å². The number of rotatable bonds is 5. The first-order valence-corrected chi connectivity index (χ1v) is 7.72. The van der Waals surface area contributed by atoms with Gasteiger partial charge in [0.2, 0.25) is 0 Å². The number of aryl methyl sites for hydroxylation is 2. The lowest BCUT2D eigenvalue weighted by atomic mass is 9.95. The van der Waals surface area contributed by atoms with Gasteiger partial charge >= 0.3 is 5.97 Å². The van der Waals surface area contributed by atoms with E-state index in [9.17, 15) is 9.90 Å². The smallest absolute Gasteiger partial charge is 0.310 e. The van der Waals surface area contributed by atoms with Gasteiger partial charge in [0, 0.05) is 10.9 Å². The molecule has 6 nitrogen and oxygen atoms in total. The minimum atomic E-state index is -0.873. The van der Waals surface area contributed by atoms with Crippen molar-refractivity contribution in [3.63, 3.8) is 0 Å². The SMILES string of the molecule is Cc1noc(C)c1C(CO)c1cc2cc(C(C)C(=O)O)ccc2o1. The van der Waals surface area contributed by atoms with Crippen LogP contribution in [0.5, 0.6) is 0 Å². The van der Waals surface area contributed by atoms with Gasteiger partial charge in [-0.3, -0.25) is 4.79 Å². The van der Waals surface area contributed by atoms with Crippen molar-refractivity contribution in [2.24, 2.45) is 0 Å². The van der Waals surface area contributed by atoms with Crippen molar-refractivity contribution < 1.29 is 23.9 Å². The number of aliphatic hydroxyl groups excluding tert-OH is 1. The van der Waals surface area contributed by atoms with Crippen LogP contribution in [-0.2, 0) is 4.79 Å². The Morgan fingerprint density at radius 2 is 2.04 bits per heavy atom. The Morgan fingerprint density at radius 3 is 2.62 bits per heavy atom. The standard InChI is InChI=1S/C18H19NO5/c1-9(18(21)22)12-4-5-15-13(6-12)7-16(23-15)14(8-20)17-10(2)19-24-11(17)3/h4-7,9,14,20H,8H2,1-3H3,(H,21,22). The number of carbonyl (C=O) groups is 1. The molecule has 2 atom stereocenters. The van der Waals surface area contributed by atoms with Gasteiger partial charge in [-0.15, -0.1) is 0 Å². The predicted octanol–water partition coefficient (Wildman–Crippen LogP) is 3.35. The fourth-order valence-corrected chi connectivity index (χ4v) is 2.98. The Balaban J connectivity index is 2.05. The molecule has 0 radical (unpaired) electrons. The summed E-state index contributed by atoms with van der Waals surface area (Å²) < 4.78 is 11.1. The van der Waals surface area contributed by atoms with Crippen molar-refractivity contribution in [1.82, 2.24) is 5.16 Å². The fourth-order valence-electron chi connectivity index (χ4n) is 2.98. The Hall–Kier alpha value is -2.60. The molecule has 0 aliphatic carbocycles. The van der Waals surface area contributed by atoms with E-state index >= 15 is 0 Å². The van der Waals surface area contributed by atoms with Crippen LogP contribution < -0.4 is 0 Å². The van der Waals surface area contributed by atoms with Crippen LogP contribution >= 0.6 is 0 Å². The highest BCUT2D eigenvalue weighted by Crippen LogP contribution is 2.34. The van der Waals surface area contributed by atoms with Gasteiger partial charge in [0.1, 0.15) is 17.1 Å². The van der Waals surface area contributed by atoms with Gasteiger partial charge in [0.25, 0.3) is 0 Å². The van der Waals surface area contributed by atoms with Crippen LogP contribution in [0.3, 0.4) is 0 Å². The summed E-state index contributed by atoms with van der Waals surface area (Å²) in [5.74, 6) is -0.593. The van der Waals surface area contributed by atoms with Gasteiger partial charge in [-0.2, -0.15) is 0 Å². The number of furan rings is 1. The number of nitrogens with zero attached hydrogens (tertiary/aromatic N) is 1. The lowest BCUT2D eigenvalue weighted by Gasteiger charge is -2.10. The van der Waals surface area contributed by atoms with Crippen LogP contribution in [0.15, 0.2) is 33.2 Å². The van der Waals surface area contributed by atoms with Gasteiger partial charge in [-0.1, -0.05) is 11.2 Å². The lowest BCUT2D eigenvalue weighted by Crippen LogP contribution is -2.07. The number of aliphatic carboxylic acids is 1. The molecule has 24 heavy (non-hydrogen) atoms. The number of benzene rings is 1. The monoisotopic (exact) mass is 329 g/mol. The Bertz CT molecular complexity index is 873. The Morgan fingerprint density at radius 1 is 1.29 bits per heavy atom. The molecule has 0 aliphatic heterocycles. The molecular formula is C18H19NO5. The van der Waals surface area contributed by atoms with E-state index in [1.165, 1.54) is 0 Å². The third kappa shape index (κ3) is 2.69. The minimum Gasteiger partial charge on any atom is -0.481 e. The molecule has 2 unspecified atom stereocenters. The van der Waals surface area contributed by atoms with Crippen LogP contribution in [0.2, 0.25) is 0 Å². The van der Waals surface area contributed by atoms with Crippen molar-refractivity contribution in [2.75, 3.05) is 6.61 Å². The molecule has 0 saturated heterocycles. The number of aliphatic hydroxyl groups is 1. The largest absolute Gasteiger partial charge is 0.481 e. The molecule has 2 N–H and O–H groups in total. The molecular weight excluding hydrogens is 310 g/mol. The maximum Gasteiger partial charge on any atom is 0.310 e. The van der Waals surface area contributed by atoms with Gasteiger partial charge in [0.05, 0.1) is 24.1 Å². The van der Waals surface area contributed by atoms with E-state index in [1.54, 1.807) is 26.0 Å². The van der Waals surface area contributed by atoms with Crippen molar-refractivity contribution in [3.05, 3.63) is 52.6 Å². The highest BCUT2D eigenvalue weighted by atomic mass is 16.5. The van der Waals surface area contributed by atoms with E-state index in [-0.39, 0.29) is 12.5 Å². The summed E-state index contributed by atoms with van der Waals surface area (Å²) in [5.41, 5.74) is 2.89. The molecule has 0 spiro atoms. The van der Waals surface area contributed by atoms with E-state index in [2.05, 4.69) is 5.16 Å². The van der Waals surface area contributed by atoms with Gasteiger partial charge in [-0.25, -0.2) is 0 Å². The van der Waals surface area contributed by atoms with Crippen LogP contribution in [0.1, 0.15) is 47.1 Å². The molecule has 2 heterocycles. The summed E-state index contributed by atoms with van der Waals surface area (Å²) in [6.45, 7) is 5.13. The van der Waals surface area contributed by atoms with Gasteiger partial charge < -0.3 is 19.2 Å². The summed E-state index contributed by atoms with van der Waals surface area (Å²) >= 11 is 0. The molecule has 0 saturated carbocycles. The van der Waals surface area contributed by atoms with E-state index in [0.717, 1.165) is 10.9 Å². The van der Waals surface area contributed by atoms with Crippen molar-refractivity contribution in [1.29, 1.82) is 0 Å². The number of carboxylic acid groups (broad SMARTS) is 1. The van der Waals surface area contributed by atoms with Crippen molar-refractivity contribution in [2.45, 2.75) is 32.6 Å². The molecule has 3 rings (SSSR count). The second-order valence-electron chi connectivity index (χ2n) is 5.98. The van der Waals surface area contributed by atoms with Crippen LogP contribution in [0.4, 0.5) is 0 Å². The fraction of sp³-hybridized carbons (Fsp3) is 0.333. The van der Waals surface area contributed by atoms with Gasteiger partial charge in [-0.05, 0) is 44.5 Å². The minimum absolute atomic E-state index is 0.138. The second-order valence-corrected chi connectivity index (χ2v) is 5.98. The molecule has 0 amide bonds. The average molecular weight is 329 g/mol. The number of carboxylic acids is 1. The first kappa shape index (κ1) is 16.3. The van der Waals surface area contributed by atoms with Gasteiger partial charge in [0.15, 0.2) is 0 Å². The lowest BCUT2D eigenvalue weighted by molar-refractivity contribution is -0.138. The number of aromatic nitrogens is 1. The Kier molecular flexibility index (Phi) is 4.15. The maximum atomic E-state index is 11.2. The number of fused-ring (bicyclic) bond motifs is 1. The topological polar surface area (TPSA) is 96.7 Å². The summed E-state index contributed by atoms with van der Waals surface area (Å²) in [6.07, 6.45) is 0. The first-order chi connectivity index (χ1) is 11.4. The summed E-state index contributed by atoms with van der Waals surface area (Å²) in [6, 6.07) is 7.15. The third-order valence-corrected chi connectivity index (χ3v) is 4.39. The summed E-state index contributed by atoms with van der Waals surface area (Å²) in [4.78, 5) is 11.2. The Labute approximate surface area is 138 Å². The summed E-state index contributed by atoms with van der Waals surface area (Å²) in [7, 11) is 0. The van der Waals surface area contributed by atoms with Crippen LogP contribution in [0, 0.1) is 13.8 Å². The van der Waals surface area contributed by atoms with Crippen LogP contribution in [0.25, 0.3) is 11.0 Å². The molecule has 0 aliphatic rings. The van der Waals surface area contributed by atoms with Crippen LogP contribution in [-0.4, -0.2) is 27.9 Å². The van der Waals surface area contributed by atoms with Crippen molar-refractivity contribution >= 4 is 16.9 Å². The zero-order valence-corrected chi connectivity index (χ0v) is 13.7. The normalized spacial score (nSPS) is 14.0. The third-order valence-electron chi connectivity index (χ3n) is 4.39. The maximum absolute atomic E-state index is 11.2. The zero-order valence-electron chi connectivity index (χ0n) is 13.7. The van der Waals surface area contributed by atoms with E-state index < -0.39 is 11.9 Å². The zero-order chi connectivity index (χ0) is 17.4.